The standard InChI is InChI=1S/C8H8NO3/c1-12-7-5-3-2-4-6(7)8(10)9-11/h2-5H,1H3,(H-,9,10,11)/q-1. The molecule has 1 aromatic carbocycles. The maximum Gasteiger partial charge on any atom is 0.244 e. The minimum absolute atomic E-state index is 0.245. The fraction of sp³-hybridized carbons (Fsp3) is 0.125. The third-order valence-corrected chi connectivity index (χ3v) is 1.44. The van der Waals surface area contributed by atoms with E-state index in [1.165, 1.54) is 18.7 Å². The molecule has 0 aromatic heterocycles. The van der Waals surface area contributed by atoms with E-state index < -0.39 is 5.91 Å². The summed E-state index contributed by atoms with van der Waals surface area (Å²) in [6.07, 6.45) is 0. The van der Waals surface area contributed by atoms with E-state index in [4.69, 9.17) is 4.74 Å². The van der Waals surface area contributed by atoms with Crippen LogP contribution in [0.15, 0.2) is 24.3 Å². The van der Waals surface area contributed by atoms with Gasteiger partial charge in [-0.15, -0.1) is 0 Å². The minimum atomic E-state index is -0.688. The Morgan fingerprint density at radius 2 is 2.17 bits per heavy atom. The normalized spacial score (nSPS) is 9.17. The number of carbonyl (C=O) groups is 1. The lowest BCUT2D eigenvalue weighted by Crippen LogP contribution is -2.16. The molecule has 1 rings (SSSR count). The zero-order valence-electron chi connectivity index (χ0n) is 6.53. The van der Waals surface area contributed by atoms with Gasteiger partial charge < -0.3 is 15.4 Å². The summed E-state index contributed by atoms with van der Waals surface area (Å²) in [5.74, 6) is -0.293. The fourth-order valence-electron chi connectivity index (χ4n) is 0.887. The molecule has 1 amide bonds. The van der Waals surface area contributed by atoms with Crippen molar-refractivity contribution < 1.29 is 9.53 Å². The third-order valence-electron chi connectivity index (χ3n) is 1.44. The third kappa shape index (κ3) is 1.54. The van der Waals surface area contributed by atoms with Gasteiger partial charge in [0.25, 0.3) is 0 Å². The molecule has 0 heterocycles. The first-order valence-electron chi connectivity index (χ1n) is 3.35. The van der Waals surface area contributed by atoms with Crippen LogP contribution >= 0.6 is 0 Å². The van der Waals surface area contributed by atoms with E-state index in [9.17, 15) is 10.0 Å². The highest BCUT2D eigenvalue weighted by Gasteiger charge is 2.06. The summed E-state index contributed by atoms with van der Waals surface area (Å²) < 4.78 is 4.87. The molecule has 0 atom stereocenters. The first-order chi connectivity index (χ1) is 5.79. The molecule has 1 N–H and O–H groups in total. The Bertz CT molecular complexity index is 285. The maximum atomic E-state index is 10.9. The molecule has 0 aliphatic heterocycles. The molecular weight excluding hydrogens is 158 g/mol. The Morgan fingerprint density at radius 3 is 2.75 bits per heavy atom. The number of benzene rings is 1. The molecule has 0 spiro atoms. The van der Waals surface area contributed by atoms with Crippen molar-refractivity contribution >= 4 is 5.91 Å². The lowest BCUT2D eigenvalue weighted by Gasteiger charge is -2.10. The van der Waals surface area contributed by atoms with Gasteiger partial charge >= 0.3 is 0 Å². The first-order valence-corrected chi connectivity index (χ1v) is 3.35. The molecule has 1 aromatic rings. The summed E-state index contributed by atoms with van der Waals surface area (Å²) in [5, 5.41) is 10.0. The van der Waals surface area contributed by atoms with Crippen LogP contribution in [0.4, 0.5) is 0 Å². The summed E-state index contributed by atoms with van der Waals surface area (Å²) in [6.45, 7) is 0. The number of hydroxylamine groups is 1. The Labute approximate surface area is 69.7 Å². The van der Waals surface area contributed by atoms with Gasteiger partial charge in [-0.2, -0.15) is 0 Å². The number of nitrogens with one attached hydrogen (secondary N) is 1. The molecule has 0 aliphatic carbocycles. The number of para-hydroxylation sites is 1. The van der Waals surface area contributed by atoms with Gasteiger partial charge in [-0.25, -0.2) is 0 Å². The molecule has 4 nitrogen and oxygen atoms in total. The van der Waals surface area contributed by atoms with E-state index in [-0.39, 0.29) is 5.56 Å². The number of methoxy groups -OCH3 is 1. The van der Waals surface area contributed by atoms with Crippen LogP contribution in [0.2, 0.25) is 0 Å². The van der Waals surface area contributed by atoms with E-state index in [0.717, 1.165) is 0 Å². The number of hydrogen-bond acceptors (Lipinski definition) is 3. The highest BCUT2D eigenvalue weighted by molar-refractivity contribution is 5.97. The SMILES string of the molecule is COc1ccccc1C(=O)N[O-]. The number of ether oxygens (including phenoxy) is 1. The molecule has 0 radical (unpaired) electrons. The van der Waals surface area contributed by atoms with Crippen molar-refractivity contribution in [3.8, 4) is 5.75 Å². The highest BCUT2D eigenvalue weighted by atomic mass is 16.5. The monoisotopic (exact) mass is 166 g/mol. The van der Waals surface area contributed by atoms with Crippen LogP contribution in [0, 0.1) is 5.21 Å². The molecule has 12 heavy (non-hydrogen) atoms. The van der Waals surface area contributed by atoms with Gasteiger partial charge in [0.2, 0.25) is 5.91 Å². The van der Waals surface area contributed by atoms with Gasteiger partial charge in [0.1, 0.15) is 5.75 Å². The number of hydrogen-bond donors (Lipinski definition) is 1. The molecule has 0 fully saturated rings. The summed E-state index contributed by atoms with van der Waals surface area (Å²) in [7, 11) is 1.44. The smallest absolute Gasteiger partial charge is 0.244 e. The van der Waals surface area contributed by atoms with E-state index in [1.807, 2.05) is 0 Å². The van der Waals surface area contributed by atoms with Crippen LogP contribution in [-0.2, 0) is 0 Å². The van der Waals surface area contributed by atoms with Crippen molar-refractivity contribution in [1.82, 2.24) is 5.48 Å². The quantitative estimate of drug-likeness (QED) is 0.664. The maximum absolute atomic E-state index is 10.9. The Hall–Kier alpha value is -1.55. The second-order valence-electron chi connectivity index (χ2n) is 2.13. The number of carbonyl (C=O) groups excluding carboxylic acids is 1. The lowest BCUT2D eigenvalue weighted by atomic mass is 10.2. The summed E-state index contributed by atoms with van der Waals surface area (Å²) in [6, 6.07) is 6.52. The van der Waals surface area contributed by atoms with Crippen LogP contribution in [-0.4, -0.2) is 13.0 Å². The molecule has 4 heteroatoms. The number of amides is 1. The largest absolute Gasteiger partial charge is 0.759 e. The molecule has 0 aliphatic rings. The highest BCUT2D eigenvalue weighted by Crippen LogP contribution is 2.16. The average molecular weight is 166 g/mol. The van der Waals surface area contributed by atoms with E-state index in [0.29, 0.717) is 5.75 Å². The van der Waals surface area contributed by atoms with Gasteiger partial charge in [-0.05, 0) is 12.1 Å². The van der Waals surface area contributed by atoms with E-state index in [1.54, 1.807) is 18.2 Å². The molecule has 0 saturated heterocycles. The van der Waals surface area contributed by atoms with Crippen LogP contribution in [0.5, 0.6) is 5.75 Å². The van der Waals surface area contributed by atoms with Crippen LogP contribution < -0.4 is 10.2 Å². The van der Waals surface area contributed by atoms with Crippen LogP contribution in [0.3, 0.4) is 0 Å². The van der Waals surface area contributed by atoms with Crippen molar-refractivity contribution in [1.29, 1.82) is 0 Å². The van der Waals surface area contributed by atoms with Gasteiger partial charge in [-0.3, -0.25) is 4.79 Å². The van der Waals surface area contributed by atoms with Gasteiger partial charge in [0, 0.05) is 0 Å². The van der Waals surface area contributed by atoms with Crippen LogP contribution in [0.1, 0.15) is 10.4 Å². The van der Waals surface area contributed by atoms with Gasteiger partial charge in [0.05, 0.1) is 12.7 Å². The summed E-state index contributed by atoms with van der Waals surface area (Å²) in [4.78, 5) is 10.9. The topological polar surface area (TPSA) is 61.4 Å². The predicted octanol–water partition coefficient (Wildman–Crippen LogP) is 0.923. The van der Waals surface area contributed by atoms with E-state index in [2.05, 4.69) is 0 Å². The van der Waals surface area contributed by atoms with Gasteiger partial charge in [-0.1, -0.05) is 12.1 Å². The molecule has 64 valence electrons. The first kappa shape index (κ1) is 8.55. The minimum Gasteiger partial charge on any atom is -0.759 e. The van der Waals surface area contributed by atoms with Crippen molar-refractivity contribution in [2.24, 2.45) is 0 Å². The number of rotatable bonds is 2. The fourth-order valence-corrected chi connectivity index (χ4v) is 0.887. The second kappa shape index (κ2) is 3.73. The molecule has 0 unspecified atom stereocenters. The van der Waals surface area contributed by atoms with Crippen molar-refractivity contribution in [3.05, 3.63) is 35.0 Å². The van der Waals surface area contributed by atoms with Crippen molar-refractivity contribution in [2.45, 2.75) is 0 Å². The Morgan fingerprint density at radius 1 is 1.50 bits per heavy atom. The zero-order chi connectivity index (χ0) is 8.97. The average Bonchev–Trinajstić information content (AvgIpc) is 2.16. The summed E-state index contributed by atoms with van der Waals surface area (Å²) in [5.41, 5.74) is 1.53. The van der Waals surface area contributed by atoms with Crippen LogP contribution in [0.25, 0.3) is 0 Å². The Balaban J connectivity index is 3.04. The predicted molar refractivity (Wildman–Crippen MR) is 43.8 cm³/mol. The molecular formula is C8H8NO3-. The van der Waals surface area contributed by atoms with E-state index >= 15 is 0 Å². The molecule has 0 bridgehead atoms. The van der Waals surface area contributed by atoms with Crippen molar-refractivity contribution in [3.63, 3.8) is 0 Å². The second-order valence-corrected chi connectivity index (χ2v) is 2.13. The van der Waals surface area contributed by atoms with Gasteiger partial charge in [0.15, 0.2) is 0 Å². The Kier molecular flexibility index (Phi) is 2.66. The summed E-state index contributed by atoms with van der Waals surface area (Å²) >= 11 is 0. The zero-order valence-corrected chi connectivity index (χ0v) is 6.53. The lowest BCUT2D eigenvalue weighted by molar-refractivity contribution is 0.0967. The van der Waals surface area contributed by atoms with Crippen molar-refractivity contribution in [2.75, 3.05) is 7.11 Å². The molecule has 0 saturated carbocycles.